The Bertz CT molecular complexity index is 872. The number of carboxylic acid groups (broad SMARTS) is 1. The summed E-state index contributed by atoms with van der Waals surface area (Å²) in [7, 11) is 0. The van der Waals surface area contributed by atoms with Gasteiger partial charge in [0.2, 0.25) is 5.95 Å². The van der Waals surface area contributed by atoms with Crippen LogP contribution in [0.3, 0.4) is 0 Å². The smallest absolute Gasteiger partial charge is 0.322 e. The summed E-state index contributed by atoms with van der Waals surface area (Å²) in [6.45, 7) is -0.281. The van der Waals surface area contributed by atoms with Crippen molar-refractivity contribution < 1.29 is 9.90 Å². The molecule has 0 bridgehead atoms. The summed E-state index contributed by atoms with van der Waals surface area (Å²) in [5.41, 5.74) is 2.21. The third-order valence-electron chi connectivity index (χ3n) is 3.20. The summed E-state index contributed by atoms with van der Waals surface area (Å²) >= 11 is 5.89. The van der Waals surface area contributed by atoms with Crippen LogP contribution in [0.2, 0.25) is 5.02 Å². The molecule has 1 aromatic carbocycles. The van der Waals surface area contributed by atoms with E-state index in [1.807, 2.05) is 18.2 Å². The first kappa shape index (κ1) is 16.7. The minimum absolute atomic E-state index is 0.209. The molecule has 3 aromatic rings. The lowest BCUT2D eigenvalue weighted by Gasteiger charge is -2.11. The van der Waals surface area contributed by atoms with Gasteiger partial charge in [-0.2, -0.15) is 4.98 Å². The van der Waals surface area contributed by atoms with Gasteiger partial charge < -0.3 is 15.7 Å². The van der Waals surface area contributed by atoms with Gasteiger partial charge in [0.1, 0.15) is 12.4 Å². The number of carbonyl (C=O) groups is 1. The Kier molecular flexibility index (Phi) is 5.06. The van der Waals surface area contributed by atoms with Crippen LogP contribution in [-0.2, 0) is 4.79 Å². The van der Waals surface area contributed by atoms with Crippen molar-refractivity contribution in [2.45, 2.75) is 0 Å². The molecule has 126 valence electrons. The number of hydrogen-bond donors (Lipinski definition) is 3. The zero-order valence-electron chi connectivity index (χ0n) is 13.0. The highest BCUT2D eigenvalue weighted by molar-refractivity contribution is 6.30. The molecule has 0 saturated carbocycles. The Morgan fingerprint density at radius 2 is 1.96 bits per heavy atom. The van der Waals surface area contributed by atoms with Gasteiger partial charge in [-0.25, -0.2) is 4.98 Å². The minimum Gasteiger partial charge on any atom is -0.480 e. The van der Waals surface area contributed by atoms with Gasteiger partial charge in [0, 0.05) is 34.7 Å². The van der Waals surface area contributed by atoms with Gasteiger partial charge in [-0.05, 0) is 36.4 Å². The van der Waals surface area contributed by atoms with E-state index < -0.39 is 5.97 Å². The Hall–Kier alpha value is -3.19. The number of halogens is 1. The lowest BCUT2D eigenvalue weighted by atomic mass is 10.2. The number of nitrogens with zero attached hydrogens (tertiary/aromatic N) is 3. The molecule has 8 heteroatoms. The lowest BCUT2D eigenvalue weighted by Crippen LogP contribution is -2.15. The highest BCUT2D eigenvalue weighted by Crippen LogP contribution is 2.23. The van der Waals surface area contributed by atoms with Crippen LogP contribution in [0.5, 0.6) is 0 Å². The second-order valence-electron chi connectivity index (χ2n) is 5.08. The molecule has 2 aromatic heterocycles. The Morgan fingerprint density at radius 3 is 2.64 bits per heavy atom. The van der Waals surface area contributed by atoms with Crippen molar-refractivity contribution in [3.63, 3.8) is 0 Å². The van der Waals surface area contributed by atoms with Gasteiger partial charge in [0.15, 0.2) is 0 Å². The predicted molar refractivity (Wildman–Crippen MR) is 96.1 cm³/mol. The molecule has 0 aliphatic heterocycles. The monoisotopic (exact) mass is 355 g/mol. The third kappa shape index (κ3) is 4.65. The van der Waals surface area contributed by atoms with Gasteiger partial charge >= 0.3 is 5.97 Å². The van der Waals surface area contributed by atoms with Gasteiger partial charge in [-0.15, -0.1) is 0 Å². The molecule has 7 nitrogen and oxygen atoms in total. The van der Waals surface area contributed by atoms with Crippen LogP contribution >= 0.6 is 11.6 Å². The van der Waals surface area contributed by atoms with Gasteiger partial charge in [0.05, 0.1) is 5.69 Å². The lowest BCUT2D eigenvalue weighted by molar-refractivity contribution is -0.134. The molecule has 25 heavy (non-hydrogen) atoms. The second kappa shape index (κ2) is 7.59. The van der Waals surface area contributed by atoms with Crippen molar-refractivity contribution in [2.75, 3.05) is 17.2 Å². The summed E-state index contributed by atoms with van der Waals surface area (Å²) in [6.07, 6.45) is 3.34. The van der Waals surface area contributed by atoms with E-state index in [1.165, 1.54) is 0 Å². The van der Waals surface area contributed by atoms with Crippen LogP contribution in [0.1, 0.15) is 0 Å². The van der Waals surface area contributed by atoms with E-state index in [4.69, 9.17) is 16.7 Å². The maximum absolute atomic E-state index is 10.8. The minimum atomic E-state index is -0.998. The fraction of sp³-hybridized carbons (Fsp3) is 0.0588. The molecule has 2 heterocycles. The molecular weight excluding hydrogens is 342 g/mol. The molecule has 0 radical (unpaired) electrons. The first-order valence-electron chi connectivity index (χ1n) is 7.38. The zero-order chi connectivity index (χ0) is 17.6. The fourth-order valence-corrected chi connectivity index (χ4v) is 2.21. The number of pyridine rings is 1. The summed E-state index contributed by atoms with van der Waals surface area (Å²) in [5.74, 6) is -0.271. The van der Waals surface area contributed by atoms with Crippen molar-refractivity contribution in [3.8, 4) is 11.3 Å². The van der Waals surface area contributed by atoms with E-state index in [0.717, 1.165) is 11.3 Å². The Morgan fingerprint density at radius 1 is 1.16 bits per heavy atom. The molecule has 0 atom stereocenters. The highest BCUT2D eigenvalue weighted by Gasteiger charge is 2.08. The zero-order valence-corrected chi connectivity index (χ0v) is 13.7. The average molecular weight is 356 g/mol. The highest BCUT2D eigenvalue weighted by atomic mass is 35.5. The number of benzene rings is 1. The van der Waals surface area contributed by atoms with Crippen LogP contribution in [0.25, 0.3) is 11.3 Å². The molecule has 0 unspecified atom stereocenters. The SMILES string of the molecule is O=C(O)CNc1nc(Nc2ccc(Cl)cc2)cc(-c2cccnc2)n1. The average Bonchev–Trinajstić information content (AvgIpc) is 2.62. The van der Waals surface area contributed by atoms with E-state index >= 15 is 0 Å². The number of aromatic nitrogens is 3. The van der Waals surface area contributed by atoms with Gasteiger partial charge in [-0.3, -0.25) is 9.78 Å². The molecule has 3 rings (SSSR count). The summed E-state index contributed by atoms with van der Waals surface area (Å²) < 4.78 is 0. The number of anilines is 3. The van der Waals surface area contributed by atoms with E-state index in [0.29, 0.717) is 16.5 Å². The number of hydrogen-bond acceptors (Lipinski definition) is 6. The predicted octanol–water partition coefficient (Wildman–Crippen LogP) is 3.43. The van der Waals surface area contributed by atoms with E-state index in [9.17, 15) is 4.79 Å². The molecular formula is C17H14ClN5O2. The first-order valence-corrected chi connectivity index (χ1v) is 7.76. The van der Waals surface area contributed by atoms with E-state index in [2.05, 4.69) is 25.6 Å². The van der Waals surface area contributed by atoms with Crippen LogP contribution in [-0.4, -0.2) is 32.6 Å². The van der Waals surface area contributed by atoms with Crippen molar-refractivity contribution in [2.24, 2.45) is 0 Å². The molecule has 0 amide bonds. The number of carboxylic acids is 1. The molecule has 0 aliphatic rings. The fourth-order valence-electron chi connectivity index (χ4n) is 2.09. The molecule has 3 N–H and O–H groups in total. The van der Waals surface area contributed by atoms with Crippen molar-refractivity contribution in [1.29, 1.82) is 0 Å². The van der Waals surface area contributed by atoms with Crippen LogP contribution in [0, 0.1) is 0 Å². The van der Waals surface area contributed by atoms with Crippen molar-refractivity contribution in [1.82, 2.24) is 15.0 Å². The maximum Gasteiger partial charge on any atom is 0.322 e. The normalized spacial score (nSPS) is 10.3. The summed E-state index contributed by atoms with van der Waals surface area (Å²) in [6, 6.07) is 12.6. The van der Waals surface area contributed by atoms with Crippen LogP contribution in [0.15, 0.2) is 54.9 Å². The molecule has 0 aliphatic carbocycles. The first-order chi connectivity index (χ1) is 12.1. The van der Waals surface area contributed by atoms with Gasteiger partial charge in [-0.1, -0.05) is 11.6 Å². The number of aliphatic carboxylic acids is 1. The standard InChI is InChI=1S/C17H14ClN5O2/c18-12-3-5-13(6-4-12)21-15-8-14(11-2-1-7-19-9-11)22-17(23-15)20-10-16(24)25/h1-9H,10H2,(H,24,25)(H2,20,21,22,23). The van der Waals surface area contributed by atoms with Crippen LogP contribution in [0.4, 0.5) is 17.5 Å². The second-order valence-corrected chi connectivity index (χ2v) is 5.52. The Labute approximate surface area is 148 Å². The number of rotatable bonds is 6. The summed E-state index contributed by atoms with van der Waals surface area (Å²) in [5, 5.41) is 15.3. The molecule has 0 spiro atoms. The largest absolute Gasteiger partial charge is 0.480 e. The Balaban J connectivity index is 1.93. The number of nitrogens with one attached hydrogen (secondary N) is 2. The molecule has 0 saturated heterocycles. The van der Waals surface area contributed by atoms with Crippen molar-refractivity contribution >= 4 is 35.0 Å². The maximum atomic E-state index is 10.8. The molecule has 0 fully saturated rings. The van der Waals surface area contributed by atoms with E-state index in [1.54, 1.807) is 36.7 Å². The van der Waals surface area contributed by atoms with E-state index in [-0.39, 0.29) is 12.5 Å². The summed E-state index contributed by atoms with van der Waals surface area (Å²) in [4.78, 5) is 23.5. The van der Waals surface area contributed by atoms with Crippen molar-refractivity contribution in [3.05, 3.63) is 59.9 Å². The van der Waals surface area contributed by atoms with Crippen LogP contribution < -0.4 is 10.6 Å². The third-order valence-corrected chi connectivity index (χ3v) is 3.45. The topological polar surface area (TPSA) is 100 Å². The van der Waals surface area contributed by atoms with Gasteiger partial charge in [0.25, 0.3) is 0 Å². The quantitative estimate of drug-likeness (QED) is 0.622.